The molecule has 1 unspecified atom stereocenters. The van der Waals surface area contributed by atoms with Crippen LogP contribution in [0.15, 0.2) is 5.38 Å². The van der Waals surface area contributed by atoms with Gasteiger partial charge in [-0.25, -0.2) is 9.67 Å². The number of hydrogen-bond acceptors (Lipinski definition) is 7. The first-order chi connectivity index (χ1) is 11.5. The molecule has 1 aliphatic heterocycles. The average molecular weight is 349 g/mol. The molecule has 2 aromatic rings. The van der Waals surface area contributed by atoms with Gasteiger partial charge in [-0.3, -0.25) is 9.69 Å². The summed E-state index contributed by atoms with van der Waals surface area (Å²) in [4.78, 5) is 18.7. The molecule has 1 N–H and O–H groups in total. The SMILES string of the molecule is CCCn1nnnc1CN1CCC(NC(C)=O)(c2nc(C)cs2)C1. The number of carbonyl (C=O) groups excluding carboxylic acids is 1. The van der Waals surface area contributed by atoms with Crippen LogP contribution >= 0.6 is 11.3 Å². The van der Waals surface area contributed by atoms with Gasteiger partial charge in [-0.05, 0) is 30.2 Å². The Kier molecular flexibility index (Phi) is 4.91. The van der Waals surface area contributed by atoms with Gasteiger partial charge in [0.05, 0.1) is 6.54 Å². The van der Waals surface area contributed by atoms with E-state index in [4.69, 9.17) is 0 Å². The predicted molar refractivity (Wildman–Crippen MR) is 90.3 cm³/mol. The number of amides is 1. The average Bonchev–Trinajstić information content (AvgIpc) is 3.22. The largest absolute Gasteiger partial charge is 0.343 e. The fourth-order valence-corrected chi connectivity index (χ4v) is 4.16. The van der Waals surface area contributed by atoms with E-state index in [-0.39, 0.29) is 5.91 Å². The van der Waals surface area contributed by atoms with Crippen molar-refractivity contribution in [2.24, 2.45) is 0 Å². The number of nitrogens with zero attached hydrogens (tertiary/aromatic N) is 6. The zero-order valence-electron chi connectivity index (χ0n) is 14.3. The van der Waals surface area contributed by atoms with Crippen LogP contribution in [0.5, 0.6) is 0 Å². The van der Waals surface area contributed by atoms with E-state index in [0.29, 0.717) is 6.54 Å². The minimum atomic E-state index is -0.409. The van der Waals surface area contributed by atoms with Gasteiger partial charge in [0.2, 0.25) is 5.91 Å². The number of aromatic nitrogens is 5. The summed E-state index contributed by atoms with van der Waals surface area (Å²) in [6, 6.07) is 0. The zero-order chi connectivity index (χ0) is 17.2. The third-order valence-electron chi connectivity index (χ3n) is 4.20. The predicted octanol–water partition coefficient (Wildman–Crippen LogP) is 1.09. The van der Waals surface area contributed by atoms with Crippen molar-refractivity contribution in [2.45, 2.75) is 52.2 Å². The molecule has 1 aliphatic rings. The lowest BCUT2D eigenvalue weighted by Crippen LogP contribution is -2.47. The molecule has 3 heterocycles. The van der Waals surface area contributed by atoms with Crippen molar-refractivity contribution in [3.63, 3.8) is 0 Å². The molecular formula is C15H23N7OS. The monoisotopic (exact) mass is 349 g/mol. The number of rotatable bonds is 6. The smallest absolute Gasteiger partial charge is 0.217 e. The lowest BCUT2D eigenvalue weighted by atomic mass is 9.99. The molecule has 24 heavy (non-hydrogen) atoms. The Hall–Kier alpha value is -1.87. The summed E-state index contributed by atoms with van der Waals surface area (Å²) in [5, 5.41) is 18.1. The first kappa shape index (κ1) is 17.0. The first-order valence-corrected chi connectivity index (χ1v) is 9.09. The highest BCUT2D eigenvalue weighted by Gasteiger charge is 2.43. The summed E-state index contributed by atoms with van der Waals surface area (Å²) in [6.07, 6.45) is 1.83. The van der Waals surface area contributed by atoms with Crippen LogP contribution in [0.1, 0.15) is 43.2 Å². The van der Waals surface area contributed by atoms with Crippen molar-refractivity contribution >= 4 is 17.2 Å². The van der Waals surface area contributed by atoms with E-state index in [1.807, 2.05) is 17.0 Å². The highest BCUT2D eigenvalue weighted by Crippen LogP contribution is 2.34. The van der Waals surface area contributed by atoms with Gasteiger partial charge < -0.3 is 5.32 Å². The fourth-order valence-electron chi connectivity index (χ4n) is 3.19. The van der Waals surface area contributed by atoms with Gasteiger partial charge >= 0.3 is 0 Å². The minimum Gasteiger partial charge on any atom is -0.343 e. The minimum absolute atomic E-state index is 0.0273. The van der Waals surface area contributed by atoms with Gasteiger partial charge in [-0.2, -0.15) is 0 Å². The number of likely N-dealkylation sites (tertiary alicyclic amines) is 1. The van der Waals surface area contributed by atoms with Crippen molar-refractivity contribution in [1.29, 1.82) is 0 Å². The molecule has 0 radical (unpaired) electrons. The van der Waals surface area contributed by atoms with E-state index >= 15 is 0 Å². The maximum Gasteiger partial charge on any atom is 0.217 e. The molecule has 8 nitrogen and oxygen atoms in total. The Morgan fingerprint density at radius 1 is 1.50 bits per heavy atom. The van der Waals surface area contributed by atoms with Crippen LogP contribution in [0.25, 0.3) is 0 Å². The zero-order valence-corrected chi connectivity index (χ0v) is 15.1. The van der Waals surface area contributed by atoms with Crippen molar-refractivity contribution in [3.8, 4) is 0 Å². The molecule has 0 saturated carbocycles. The molecule has 0 spiro atoms. The van der Waals surface area contributed by atoms with Crippen LogP contribution in [0, 0.1) is 6.92 Å². The number of thiazole rings is 1. The Morgan fingerprint density at radius 3 is 3.00 bits per heavy atom. The Bertz CT molecular complexity index is 712. The van der Waals surface area contributed by atoms with Crippen LogP contribution in [-0.4, -0.2) is 49.1 Å². The van der Waals surface area contributed by atoms with E-state index in [1.54, 1.807) is 18.3 Å². The van der Waals surface area contributed by atoms with Crippen molar-refractivity contribution in [3.05, 3.63) is 21.9 Å². The van der Waals surface area contributed by atoms with E-state index in [9.17, 15) is 4.79 Å². The molecule has 1 atom stereocenters. The number of tetrazole rings is 1. The lowest BCUT2D eigenvalue weighted by molar-refractivity contribution is -0.120. The number of carbonyl (C=O) groups is 1. The molecule has 0 aromatic carbocycles. The lowest BCUT2D eigenvalue weighted by Gasteiger charge is -2.28. The van der Waals surface area contributed by atoms with Crippen molar-refractivity contribution in [1.82, 2.24) is 35.4 Å². The van der Waals surface area contributed by atoms with Gasteiger partial charge in [0.1, 0.15) is 10.5 Å². The number of hydrogen-bond donors (Lipinski definition) is 1. The van der Waals surface area contributed by atoms with Crippen LogP contribution in [-0.2, 0) is 23.4 Å². The molecular weight excluding hydrogens is 326 g/mol. The molecule has 0 aliphatic carbocycles. The van der Waals surface area contributed by atoms with Crippen LogP contribution < -0.4 is 5.32 Å². The maximum atomic E-state index is 11.8. The summed E-state index contributed by atoms with van der Waals surface area (Å²) >= 11 is 1.61. The van der Waals surface area contributed by atoms with E-state index in [2.05, 4.69) is 37.6 Å². The van der Waals surface area contributed by atoms with Gasteiger partial charge in [0, 0.05) is 37.6 Å². The molecule has 0 bridgehead atoms. The second kappa shape index (κ2) is 6.94. The first-order valence-electron chi connectivity index (χ1n) is 8.21. The summed E-state index contributed by atoms with van der Waals surface area (Å²) in [5.74, 6) is 0.839. The molecule has 9 heteroatoms. The van der Waals surface area contributed by atoms with E-state index in [0.717, 1.165) is 49.0 Å². The topological polar surface area (TPSA) is 88.8 Å². The Balaban J connectivity index is 1.77. The maximum absolute atomic E-state index is 11.8. The highest BCUT2D eigenvalue weighted by atomic mass is 32.1. The number of nitrogens with one attached hydrogen (secondary N) is 1. The standard InChI is InChI=1S/C15H23N7OS/c1-4-6-22-13(18-19-20-22)8-21-7-5-15(10-21,17-12(3)23)14-16-11(2)9-24-14/h9H,4-8,10H2,1-3H3,(H,17,23). The summed E-state index contributed by atoms with van der Waals surface area (Å²) in [6.45, 7) is 8.74. The van der Waals surface area contributed by atoms with Crippen LogP contribution in [0.4, 0.5) is 0 Å². The summed E-state index contributed by atoms with van der Waals surface area (Å²) in [5.41, 5.74) is 0.582. The normalized spacial score (nSPS) is 21.3. The third-order valence-corrected chi connectivity index (χ3v) is 5.36. The molecule has 2 aromatic heterocycles. The summed E-state index contributed by atoms with van der Waals surface area (Å²) in [7, 11) is 0. The highest BCUT2D eigenvalue weighted by molar-refractivity contribution is 7.09. The van der Waals surface area contributed by atoms with Gasteiger partial charge in [-0.15, -0.1) is 16.4 Å². The second-order valence-electron chi connectivity index (χ2n) is 6.34. The molecule has 130 valence electrons. The van der Waals surface area contributed by atoms with E-state index in [1.165, 1.54) is 0 Å². The third kappa shape index (κ3) is 3.46. The molecule has 1 amide bonds. The molecule has 3 rings (SSSR count). The van der Waals surface area contributed by atoms with Crippen LogP contribution in [0.2, 0.25) is 0 Å². The van der Waals surface area contributed by atoms with Crippen molar-refractivity contribution < 1.29 is 4.79 Å². The second-order valence-corrected chi connectivity index (χ2v) is 7.19. The number of aryl methyl sites for hydroxylation is 2. The van der Waals surface area contributed by atoms with Crippen LogP contribution in [0.3, 0.4) is 0 Å². The quantitative estimate of drug-likeness (QED) is 0.840. The summed E-state index contributed by atoms with van der Waals surface area (Å²) < 4.78 is 1.85. The van der Waals surface area contributed by atoms with Gasteiger partial charge in [0.25, 0.3) is 0 Å². The van der Waals surface area contributed by atoms with Gasteiger partial charge in [0.15, 0.2) is 5.82 Å². The van der Waals surface area contributed by atoms with Crippen molar-refractivity contribution in [2.75, 3.05) is 13.1 Å². The van der Waals surface area contributed by atoms with E-state index < -0.39 is 5.54 Å². The molecule has 1 saturated heterocycles. The molecule has 1 fully saturated rings. The fraction of sp³-hybridized carbons (Fsp3) is 0.667. The Morgan fingerprint density at radius 2 is 2.33 bits per heavy atom. The Labute approximate surface area is 145 Å². The van der Waals surface area contributed by atoms with Gasteiger partial charge in [-0.1, -0.05) is 6.92 Å².